The van der Waals surface area contributed by atoms with E-state index in [-0.39, 0.29) is 6.42 Å². The molecule has 1 heterocycles. The molecule has 0 aliphatic heterocycles. The maximum Gasteiger partial charge on any atom is 0.320 e. The molecule has 2 aromatic rings. The third-order valence-corrected chi connectivity index (χ3v) is 2.70. The van der Waals surface area contributed by atoms with Gasteiger partial charge in [-0.05, 0) is 25.1 Å². The van der Waals surface area contributed by atoms with Crippen molar-refractivity contribution in [3.63, 3.8) is 0 Å². The van der Waals surface area contributed by atoms with E-state index in [9.17, 15) is 4.79 Å². The van der Waals surface area contributed by atoms with Gasteiger partial charge in [0.05, 0.1) is 0 Å². The first-order chi connectivity index (χ1) is 8.56. The average molecular weight is 245 g/mol. The Balaban J connectivity index is 2.18. The van der Waals surface area contributed by atoms with Gasteiger partial charge in [-0.25, -0.2) is 0 Å². The fourth-order valence-corrected chi connectivity index (χ4v) is 1.75. The van der Waals surface area contributed by atoms with Crippen molar-refractivity contribution in [2.75, 3.05) is 0 Å². The first-order valence-electron chi connectivity index (χ1n) is 5.70. The van der Waals surface area contributed by atoms with Gasteiger partial charge in [-0.3, -0.25) is 4.79 Å². The Bertz CT molecular complexity index is 560. The van der Waals surface area contributed by atoms with E-state index < -0.39 is 12.0 Å². The van der Waals surface area contributed by atoms with E-state index in [1.54, 1.807) is 6.07 Å². The number of nitrogens with two attached hydrogens (primary N) is 1. The van der Waals surface area contributed by atoms with Crippen molar-refractivity contribution in [1.82, 2.24) is 0 Å². The zero-order chi connectivity index (χ0) is 13.1. The van der Waals surface area contributed by atoms with Crippen molar-refractivity contribution in [3.05, 3.63) is 47.7 Å². The second-order valence-electron chi connectivity index (χ2n) is 4.28. The van der Waals surface area contributed by atoms with Crippen LogP contribution in [0.2, 0.25) is 0 Å². The molecule has 0 saturated heterocycles. The minimum absolute atomic E-state index is 0.196. The van der Waals surface area contributed by atoms with Gasteiger partial charge in [0.2, 0.25) is 0 Å². The molecule has 0 radical (unpaired) electrons. The zero-order valence-corrected chi connectivity index (χ0v) is 10.1. The Morgan fingerprint density at radius 1 is 1.39 bits per heavy atom. The average Bonchev–Trinajstić information content (AvgIpc) is 2.77. The predicted molar refractivity (Wildman–Crippen MR) is 68.2 cm³/mol. The molecule has 0 saturated carbocycles. The summed E-state index contributed by atoms with van der Waals surface area (Å²) in [6, 6.07) is 10.6. The van der Waals surface area contributed by atoms with Crippen LogP contribution < -0.4 is 5.73 Å². The van der Waals surface area contributed by atoms with Crippen LogP contribution in [0.15, 0.2) is 40.8 Å². The van der Waals surface area contributed by atoms with E-state index >= 15 is 0 Å². The number of rotatable bonds is 4. The fourth-order valence-electron chi connectivity index (χ4n) is 1.75. The van der Waals surface area contributed by atoms with Gasteiger partial charge in [0.25, 0.3) is 0 Å². The SMILES string of the molecule is Cc1cccc(-c2ccc(CC(N)C(=O)O)o2)c1. The van der Waals surface area contributed by atoms with Gasteiger partial charge in [0, 0.05) is 12.0 Å². The summed E-state index contributed by atoms with van der Waals surface area (Å²) in [6.07, 6.45) is 0.196. The Hall–Kier alpha value is -2.07. The van der Waals surface area contributed by atoms with Gasteiger partial charge >= 0.3 is 5.97 Å². The van der Waals surface area contributed by atoms with Crippen LogP contribution in [-0.4, -0.2) is 17.1 Å². The molecular weight excluding hydrogens is 230 g/mol. The summed E-state index contributed by atoms with van der Waals surface area (Å²) >= 11 is 0. The van der Waals surface area contributed by atoms with E-state index in [0.29, 0.717) is 5.76 Å². The molecule has 2 rings (SSSR count). The maximum atomic E-state index is 10.7. The number of carboxylic acids is 1. The van der Waals surface area contributed by atoms with Gasteiger partial charge in [0.15, 0.2) is 0 Å². The highest BCUT2D eigenvalue weighted by atomic mass is 16.4. The highest BCUT2D eigenvalue weighted by Gasteiger charge is 2.15. The highest BCUT2D eigenvalue weighted by Crippen LogP contribution is 2.23. The Morgan fingerprint density at radius 2 is 2.17 bits per heavy atom. The van der Waals surface area contributed by atoms with Gasteiger partial charge in [-0.1, -0.05) is 23.8 Å². The van der Waals surface area contributed by atoms with Crippen molar-refractivity contribution >= 4 is 5.97 Å². The molecule has 0 amide bonds. The molecule has 1 atom stereocenters. The highest BCUT2D eigenvalue weighted by molar-refractivity contribution is 5.73. The van der Waals surface area contributed by atoms with E-state index in [1.165, 1.54) is 0 Å². The van der Waals surface area contributed by atoms with Crippen LogP contribution in [0.25, 0.3) is 11.3 Å². The van der Waals surface area contributed by atoms with Gasteiger partial charge in [-0.2, -0.15) is 0 Å². The molecule has 4 nitrogen and oxygen atoms in total. The molecule has 18 heavy (non-hydrogen) atoms. The molecule has 1 unspecified atom stereocenters. The normalized spacial score (nSPS) is 12.3. The largest absolute Gasteiger partial charge is 0.480 e. The summed E-state index contributed by atoms with van der Waals surface area (Å²) in [5.41, 5.74) is 7.58. The maximum absolute atomic E-state index is 10.7. The lowest BCUT2D eigenvalue weighted by Crippen LogP contribution is -2.32. The van der Waals surface area contributed by atoms with E-state index in [2.05, 4.69) is 0 Å². The lowest BCUT2D eigenvalue weighted by molar-refractivity contribution is -0.138. The number of aryl methyl sites for hydroxylation is 1. The number of carbonyl (C=O) groups is 1. The van der Waals surface area contributed by atoms with E-state index in [0.717, 1.165) is 16.9 Å². The first kappa shape index (κ1) is 12.4. The topological polar surface area (TPSA) is 76.5 Å². The summed E-state index contributed by atoms with van der Waals surface area (Å²) in [5.74, 6) is 0.288. The van der Waals surface area contributed by atoms with E-state index in [4.69, 9.17) is 15.3 Å². The van der Waals surface area contributed by atoms with Crippen LogP contribution in [0, 0.1) is 6.92 Å². The lowest BCUT2D eigenvalue weighted by atomic mass is 10.1. The number of hydrogen-bond acceptors (Lipinski definition) is 3. The van der Waals surface area contributed by atoms with Crippen molar-refractivity contribution in [3.8, 4) is 11.3 Å². The van der Waals surface area contributed by atoms with Crippen LogP contribution in [0.4, 0.5) is 0 Å². The monoisotopic (exact) mass is 245 g/mol. The molecule has 4 heteroatoms. The van der Waals surface area contributed by atoms with Crippen molar-refractivity contribution < 1.29 is 14.3 Å². The smallest absolute Gasteiger partial charge is 0.320 e. The first-order valence-corrected chi connectivity index (χ1v) is 5.70. The quantitative estimate of drug-likeness (QED) is 0.865. The second-order valence-corrected chi connectivity index (χ2v) is 4.28. The Labute approximate surface area is 105 Å². The van der Waals surface area contributed by atoms with Crippen molar-refractivity contribution in [1.29, 1.82) is 0 Å². The van der Waals surface area contributed by atoms with Crippen LogP contribution in [0.5, 0.6) is 0 Å². The van der Waals surface area contributed by atoms with Gasteiger partial charge < -0.3 is 15.3 Å². The van der Waals surface area contributed by atoms with Crippen LogP contribution in [0.1, 0.15) is 11.3 Å². The minimum atomic E-state index is -1.02. The molecule has 1 aromatic carbocycles. The number of hydrogen-bond donors (Lipinski definition) is 2. The van der Waals surface area contributed by atoms with Crippen LogP contribution >= 0.6 is 0 Å². The Kier molecular flexibility index (Phi) is 3.48. The fraction of sp³-hybridized carbons (Fsp3) is 0.214. The van der Waals surface area contributed by atoms with Crippen LogP contribution in [-0.2, 0) is 11.2 Å². The van der Waals surface area contributed by atoms with Crippen molar-refractivity contribution in [2.45, 2.75) is 19.4 Å². The van der Waals surface area contributed by atoms with Crippen molar-refractivity contribution in [2.24, 2.45) is 5.73 Å². The summed E-state index contributed by atoms with van der Waals surface area (Å²) in [6.45, 7) is 2.01. The molecule has 0 aliphatic rings. The summed E-state index contributed by atoms with van der Waals surface area (Å²) in [5, 5.41) is 8.74. The third-order valence-electron chi connectivity index (χ3n) is 2.70. The minimum Gasteiger partial charge on any atom is -0.480 e. The molecule has 94 valence electrons. The number of aliphatic carboxylic acids is 1. The molecule has 0 fully saturated rings. The van der Waals surface area contributed by atoms with Gasteiger partial charge in [-0.15, -0.1) is 0 Å². The zero-order valence-electron chi connectivity index (χ0n) is 10.1. The van der Waals surface area contributed by atoms with E-state index in [1.807, 2.05) is 37.3 Å². The third kappa shape index (κ3) is 2.78. The molecular formula is C14H15NO3. The summed E-state index contributed by atoms with van der Waals surface area (Å²) in [4.78, 5) is 10.7. The predicted octanol–water partition coefficient (Wildman–Crippen LogP) is 2.21. The van der Waals surface area contributed by atoms with Gasteiger partial charge in [0.1, 0.15) is 17.6 Å². The molecule has 1 aromatic heterocycles. The number of furan rings is 1. The molecule has 0 spiro atoms. The lowest BCUT2D eigenvalue weighted by Gasteiger charge is -2.03. The summed E-state index contributed by atoms with van der Waals surface area (Å²) < 4.78 is 5.60. The molecule has 0 bridgehead atoms. The second kappa shape index (κ2) is 5.06. The summed E-state index contributed by atoms with van der Waals surface area (Å²) in [7, 11) is 0. The molecule has 3 N–H and O–H groups in total. The standard InChI is InChI=1S/C14H15NO3/c1-9-3-2-4-10(7-9)13-6-5-11(18-13)8-12(15)14(16)17/h2-7,12H,8,15H2,1H3,(H,16,17). The molecule has 0 aliphatic carbocycles. The number of carboxylic acid groups (broad SMARTS) is 1. The Morgan fingerprint density at radius 3 is 2.83 bits per heavy atom. The van der Waals surface area contributed by atoms with Crippen LogP contribution in [0.3, 0.4) is 0 Å². The number of benzene rings is 1.